The van der Waals surface area contributed by atoms with Gasteiger partial charge in [0.1, 0.15) is 5.82 Å². The molecular formula is C18H28FN. The molecular weight excluding hydrogens is 249 g/mol. The molecule has 1 aromatic rings. The van der Waals surface area contributed by atoms with Crippen molar-refractivity contribution in [1.82, 2.24) is 5.32 Å². The van der Waals surface area contributed by atoms with Crippen molar-refractivity contribution < 1.29 is 4.39 Å². The van der Waals surface area contributed by atoms with Crippen molar-refractivity contribution in [2.24, 2.45) is 11.8 Å². The lowest BCUT2D eigenvalue weighted by Crippen LogP contribution is -2.35. The van der Waals surface area contributed by atoms with E-state index in [-0.39, 0.29) is 11.9 Å². The van der Waals surface area contributed by atoms with Crippen LogP contribution in [0.4, 0.5) is 4.39 Å². The van der Waals surface area contributed by atoms with Gasteiger partial charge in [-0.2, -0.15) is 0 Å². The van der Waals surface area contributed by atoms with Crippen molar-refractivity contribution in [1.29, 1.82) is 0 Å². The number of aryl methyl sites for hydroxylation is 1. The van der Waals surface area contributed by atoms with Crippen LogP contribution in [-0.4, -0.2) is 6.54 Å². The van der Waals surface area contributed by atoms with Crippen LogP contribution in [0.15, 0.2) is 18.2 Å². The summed E-state index contributed by atoms with van der Waals surface area (Å²) in [5.74, 6) is 1.29. The summed E-state index contributed by atoms with van der Waals surface area (Å²) in [6.45, 7) is 7.15. The number of halogens is 1. The van der Waals surface area contributed by atoms with E-state index in [1.54, 1.807) is 0 Å². The van der Waals surface area contributed by atoms with E-state index in [4.69, 9.17) is 0 Å². The highest BCUT2D eigenvalue weighted by atomic mass is 19.1. The summed E-state index contributed by atoms with van der Waals surface area (Å²) in [5.41, 5.74) is 1.63. The highest BCUT2D eigenvalue weighted by Crippen LogP contribution is 2.41. The Morgan fingerprint density at radius 3 is 2.70 bits per heavy atom. The van der Waals surface area contributed by atoms with Crippen LogP contribution in [0, 0.1) is 24.6 Å². The van der Waals surface area contributed by atoms with Crippen LogP contribution < -0.4 is 5.32 Å². The van der Waals surface area contributed by atoms with Gasteiger partial charge < -0.3 is 5.32 Å². The third-order valence-electron chi connectivity index (χ3n) is 4.90. The summed E-state index contributed by atoms with van der Waals surface area (Å²) in [6.07, 6.45) is 6.36. The zero-order valence-electron chi connectivity index (χ0n) is 13.1. The average molecular weight is 277 g/mol. The van der Waals surface area contributed by atoms with E-state index in [1.165, 1.54) is 32.1 Å². The number of hydrogen-bond acceptors (Lipinski definition) is 1. The van der Waals surface area contributed by atoms with E-state index < -0.39 is 0 Å². The Balaban J connectivity index is 2.32. The molecule has 0 radical (unpaired) electrons. The molecule has 1 fully saturated rings. The summed E-state index contributed by atoms with van der Waals surface area (Å²) in [7, 11) is 0. The predicted octanol–water partition coefficient (Wildman–Crippen LogP) is 5.00. The molecule has 0 heterocycles. The van der Waals surface area contributed by atoms with Crippen molar-refractivity contribution in [2.45, 2.75) is 58.9 Å². The lowest BCUT2D eigenvalue weighted by atomic mass is 9.72. The smallest absolute Gasteiger partial charge is 0.130 e. The zero-order valence-corrected chi connectivity index (χ0v) is 13.1. The summed E-state index contributed by atoms with van der Waals surface area (Å²) < 4.78 is 14.5. The third kappa shape index (κ3) is 3.22. The van der Waals surface area contributed by atoms with Gasteiger partial charge in [-0.1, -0.05) is 57.7 Å². The van der Waals surface area contributed by atoms with Crippen molar-refractivity contribution in [3.05, 3.63) is 35.1 Å². The van der Waals surface area contributed by atoms with Crippen LogP contribution in [0.25, 0.3) is 0 Å². The highest BCUT2D eigenvalue weighted by molar-refractivity contribution is 5.28. The molecule has 1 aliphatic rings. The number of nitrogens with one attached hydrogen (secondary N) is 1. The molecule has 1 saturated carbocycles. The summed E-state index contributed by atoms with van der Waals surface area (Å²) in [6, 6.07) is 5.99. The maximum atomic E-state index is 14.5. The van der Waals surface area contributed by atoms with E-state index in [1.807, 2.05) is 25.1 Å². The van der Waals surface area contributed by atoms with E-state index in [0.29, 0.717) is 5.92 Å². The highest BCUT2D eigenvalue weighted by Gasteiger charge is 2.32. The normalized spacial score (nSPS) is 24.6. The topological polar surface area (TPSA) is 12.0 Å². The standard InChI is InChI=1S/C18H28FN/c1-4-14-10-6-7-11-15(14)18(20-5-2)16-12-8-9-13(3)17(16)19/h8-9,12,14-15,18,20H,4-7,10-11H2,1-3H3. The number of rotatable bonds is 5. The van der Waals surface area contributed by atoms with Gasteiger partial charge in [0.2, 0.25) is 0 Å². The van der Waals surface area contributed by atoms with Gasteiger partial charge in [-0.3, -0.25) is 0 Å². The van der Waals surface area contributed by atoms with Crippen LogP contribution in [0.2, 0.25) is 0 Å². The fraction of sp³-hybridized carbons (Fsp3) is 0.667. The van der Waals surface area contributed by atoms with Gasteiger partial charge in [0.05, 0.1) is 0 Å². The minimum absolute atomic E-state index is 0.0149. The first-order valence-corrected chi connectivity index (χ1v) is 8.17. The molecule has 0 bridgehead atoms. The Morgan fingerprint density at radius 2 is 2.00 bits per heavy atom. The molecule has 0 saturated heterocycles. The largest absolute Gasteiger partial charge is 0.310 e. The van der Waals surface area contributed by atoms with Crippen LogP contribution in [0.3, 0.4) is 0 Å². The first-order valence-electron chi connectivity index (χ1n) is 8.17. The zero-order chi connectivity index (χ0) is 14.5. The van der Waals surface area contributed by atoms with Gasteiger partial charge in [-0.25, -0.2) is 4.39 Å². The molecule has 20 heavy (non-hydrogen) atoms. The lowest BCUT2D eigenvalue weighted by molar-refractivity contribution is 0.174. The van der Waals surface area contributed by atoms with Crippen LogP contribution >= 0.6 is 0 Å². The Bertz CT molecular complexity index is 429. The fourth-order valence-electron chi connectivity index (χ4n) is 3.80. The van der Waals surface area contributed by atoms with Gasteiger partial charge in [-0.05, 0) is 37.3 Å². The third-order valence-corrected chi connectivity index (χ3v) is 4.90. The quantitative estimate of drug-likeness (QED) is 0.798. The molecule has 2 heteroatoms. The van der Waals surface area contributed by atoms with E-state index in [9.17, 15) is 4.39 Å². The van der Waals surface area contributed by atoms with Gasteiger partial charge in [0, 0.05) is 11.6 Å². The monoisotopic (exact) mass is 277 g/mol. The molecule has 0 spiro atoms. The molecule has 3 unspecified atom stereocenters. The van der Waals surface area contributed by atoms with Gasteiger partial charge in [0.25, 0.3) is 0 Å². The molecule has 0 aromatic heterocycles. The minimum atomic E-state index is -0.0149. The second-order valence-electron chi connectivity index (χ2n) is 6.13. The van der Waals surface area contributed by atoms with Gasteiger partial charge >= 0.3 is 0 Å². The maximum absolute atomic E-state index is 14.5. The SMILES string of the molecule is CCNC(c1cccc(C)c1F)C1CCCCC1CC. The summed E-state index contributed by atoms with van der Waals surface area (Å²) in [4.78, 5) is 0. The van der Waals surface area contributed by atoms with Crippen molar-refractivity contribution in [3.8, 4) is 0 Å². The van der Waals surface area contributed by atoms with E-state index >= 15 is 0 Å². The number of hydrogen-bond donors (Lipinski definition) is 1. The van der Waals surface area contributed by atoms with Crippen molar-refractivity contribution in [3.63, 3.8) is 0 Å². The molecule has 2 rings (SSSR count). The van der Waals surface area contributed by atoms with Crippen LogP contribution in [-0.2, 0) is 0 Å². The molecule has 1 nitrogen and oxygen atoms in total. The minimum Gasteiger partial charge on any atom is -0.310 e. The van der Waals surface area contributed by atoms with E-state index in [2.05, 4.69) is 19.2 Å². The second-order valence-corrected chi connectivity index (χ2v) is 6.13. The summed E-state index contributed by atoms with van der Waals surface area (Å²) in [5, 5.41) is 3.56. The molecule has 112 valence electrons. The van der Waals surface area contributed by atoms with Crippen LogP contribution in [0.5, 0.6) is 0 Å². The first-order chi connectivity index (χ1) is 9.69. The predicted molar refractivity (Wildman–Crippen MR) is 83.3 cm³/mol. The molecule has 3 atom stereocenters. The first kappa shape index (κ1) is 15.5. The van der Waals surface area contributed by atoms with E-state index in [0.717, 1.165) is 23.6 Å². The Labute approximate surface area is 123 Å². The van der Waals surface area contributed by atoms with Crippen LogP contribution in [0.1, 0.15) is 63.1 Å². The van der Waals surface area contributed by atoms with Crippen molar-refractivity contribution >= 4 is 0 Å². The van der Waals surface area contributed by atoms with Crippen molar-refractivity contribution in [2.75, 3.05) is 6.54 Å². The molecule has 1 aliphatic carbocycles. The lowest BCUT2D eigenvalue weighted by Gasteiger charge is -2.37. The average Bonchev–Trinajstić information content (AvgIpc) is 2.48. The second kappa shape index (κ2) is 7.21. The Kier molecular flexibility index (Phi) is 5.59. The molecule has 1 aromatic carbocycles. The Hall–Kier alpha value is -0.890. The fourth-order valence-corrected chi connectivity index (χ4v) is 3.80. The molecule has 0 aliphatic heterocycles. The molecule has 1 N–H and O–H groups in total. The van der Waals surface area contributed by atoms with Gasteiger partial charge in [0.15, 0.2) is 0 Å². The molecule has 0 amide bonds. The van der Waals surface area contributed by atoms with Gasteiger partial charge in [-0.15, -0.1) is 0 Å². The Morgan fingerprint density at radius 1 is 1.25 bits per heavy atom. The number of benzene rings is 1. The maximum Gasteiger partial charge on any atom is 0.130 e. The summed E-state index contributed by atoms with van der Waals surface area (Å²) >= 11 is 0.